The van der Waals surface area contributed by atoms with Gasteiger partial charge in [-0.25, -0.2) is 4.79 Å². The Morgan fingerprint density at radius 1 is 1.10 bits per heavy atom. The zero-order chi connectivity index (χ0) is 21.8. The molecule has 1 fully saturated rings. The highest BCUT2D eigenvalue weighted by atomic mass is 32.2. The molecule has 2 aliphatic rings. The fraction of sp³-hybridized carbons (Fsp3) is 0.348. The normalized spacial score (nSPS) is 27.9. The smallest absolute Gasteiger partial charge is 0.353 e. The average molecular weight is 445 g/mol. The fourth-order valence-corrected chi connectivity index (χ4v) is 4.66. The molecule has 1 saturated heterocycles. The van der Waals surface area contributed by atoms with Gasteiger partial charge >= 0.3 is 5.97 Å². The SMILES string of the molecule is CC1=C(C(=O)Oc2ccccc2)S[C@H]2[C@@H](O1)O[C@H](CO)[C@@H](OCc1ccccc1)[C@@H]2O. The van der Waals surface area contributed by atoms with E-state index in [-0.39, 0.29) is 18.1 Å². The van der Waals surface area contributed by atoms with Gasteiger partial charge in [-0.3, -0.25) is 0 Å². The Hall–Kier alpha value is -2.36. The van der Waals surface area contributed by atoms with Crippen LogP contribution in [0.2, 0.25) is 0 Å². The molecule has 31 heavy (non-hydrogen) atoms. The summed E-state index contributed by atoms with van der Waals surface area (Å²) in [6, 6.07) is 18.3. The second-order valence-electron chi connectivity index (χ2n) is 7.27. The van der Waals surface area contributed by atoms with Gasteiger partial charge in [-0.1, -0.05) is 48.5 Å². The molecule has 2 aliphatic heterocycles. The summed E-state index contributed by atoms with van der Waals surface area (Å²) in [5.74, 6) is 0.200. The summed E-state index contributed by atoms with van der Waals surface area (Å²) in [5, 5.41) is 20.2. The molecule has 0 spiro atoms. The number of para-hydroxylation sites is 1. The van der Waals surface area contributed by atoms with Crippen molar-refractivity contribution in [2.24, 2.45) is 0 Å². The number of ether oxygens (including phenoxy) is 4. The summed E-state index contributed by atoms with van der Waals surface area (Å²) in [7, 11) is 0. The number of allylic oxidation sites excluding steroid dienone is 1. The number of aliphatic hydroxyl groups is 2. The lowest BCUT2D eigenvalue weighted by Gasteiger charge is -2.45. The Balaban J connectivity index is 1.48. The predicted molar refractivity (Wildman–Crippen MR) is 114 cm³/mol. The van der Waals surface area contributed by atoms with E-state index >= 15 is 0 Å². The number of carbonyl (C=O) groups excluding carboxylic acids is 1. The van der Waals surface area contributed by atoms with Crippen molar-refractivity contribution in [3.05, 3.63) is 76.9 Å². The van der Waals surface area contributed by atoms with Crippen LogP contribution < -0.4 is 4.74 Å². The van der Waals surface area contributed by atoms with Gasteiger partial charge in [0, 0.05) is 0 Å². The van der Waals surface area contributed by atoms with Crippen LogP contribution in [-0.2, 0) is 25.6 Å². The lowest BCUT2D eigenvalue weighted by Crippen LogP contribution is -2.59. The molecular formula is C23H24O7S. The van der Waals surface area contributed by atoms with Crippen LogP contribution in [0.25, 0.3) is 0 Å². The number of hydrogen-bond acceptors (Lipinski definition) is 8. The third-order valence-corrected chi connectivity index (χ3v) is 6.55. The molecule has 2 heterocycles. The first kappa shape index (κ1) is 21.9. The standard InChI is InChI=1S/C23H24O7S/c1-14-20(22(26)29-16-10-6-3-7-11-16)31-21-18(25)19(17(12-24)30-23(21)28-14)27-13-15-8-4-2-5-9-15/h2-11,17-19,21,23-25H,12-13H2,1H3/t17-,18+,19-,21-,23+/m1/s1. The van der Waals surface area contributed by atoms with Gasteiger partial charge < -0.3 is 29.2 Å². The molecule has 2 N–H and O–H groups in total. The second kappa shape index (κ2) is 9.84. The number of esters is 1. The Morgan fingerprint density at radius 3 is 2.45 bits per heavy atom. The van der Waals surface area contributed by atoms with Crippen LogP contribution >= 0.6 is 11.8 Å². The van der Waals surface area contributed by atoms with Gasteiger partial charge in [0.2, 0.25) is 6.29 Å². The molecule has 5 atom stereocenters. The van der Waals surface area contributed by atoms with Crippen LogP contribution in [0.1, 0.15) is 12.5 Å². The van der Waals surface area contributed by atoms with E-state index in [0.29, 0.717) is 11.5 Å². The summed E-state index contributed by atoms with van der Waals surface area (Å²) in [6.07, 6.45) is -3.39. The zero-order valence-corrected chi connectivity index (χ0v) is 17.7. The highest BCUT2D eigenvalue weighted by molar-refractivity contribution is 8.04. The van der Waals surface area contributed by atoms with Crippen LogP contribution in [0.5, 0.6) is 5.75 Å². The Morgan fingerprint density at radius 2 is 1.77 bits per heavy atom. The molecule has 0 amide bonds. The Kier molecular flexibility index (Phi) is 6.94. The largest absolute Gasteiger partial charge is 0.467 e. The molecule has 8 heteroatoms. The first-order valence-corrected chi connectivity index (χ1v) is 10.9. The van der Waals surface area contributed by atoms with Crippen LogP contribution in [0, 0.1) is 0 Å². The number of rotatable bonds is 6. The van der Waals surface area contributed by atoms with Crippen LogP contribution in [0.15, 0.2) is 71.3 Å². The molecule has 0 aromatic heterocycles. The third kappa shape index (κ3) is 4.94. The fourth-order valence-electron chi connectivity index (χ4n) is 3.52. The Bertz CT molecular complexity index is 918. The van der Waals surface area contributed by atoms with Gasteiger partial charge in [0.15, 0.2) is 0 Å². The van der Waals surface area contributed by atoms with Gasteiger partial charge in [0.05, 0.1) is 13.2 Å². The molecule has 2 aromatic carbocycles. The van der Waals surface area contributed by atoms with Gasteiger partial charge in [0.25, 0.3) is 0 Å². The lowest BCUT2D eigenvalue weighted by atomic mass is 10.0. The molecule has 4 rings (SSSR count). The van der Waals surface area contributed by atoms with Crippen molar-refractivity contribution < 1.29 is 34.0 Å². The van der Waals surface area contributed by atoms with Crippen molar-refractivity contribution >= 4 is 17.7 Å². The Labute approximate surface area is 184 Å². The van der Waals surface area contributed by atoms with Crippen molar-refractivity contribution in [1.82, 2.24) is 0 Å². The number of thioether (sulfide) groups is 1. The van der Waals surface area contributed by atoms with E-state index < -0.39 is 35.8 Å². The van der Waals surface area contributed by atoms with E-state index in [9.17, 15) is 15.0 Å². The number of carbonyl (C=O) groups is 1. The quantitative estimate of drug-likeness (QED) is 0.519. The van der Waals surface area contributed by atoms with Gasteiger partial charge in [0.1, 0.15) is 40.0 Å². The molecule has 0 saturated carbocycles. The van der Waals surface area contributed by atoms with Gasteiger partial charge in [-0.2, -0.15) is 0 Å². The minimum atomic E-state index is -1.03. The highest BCUT2D eigenvalue weighted by Gasteiger charge is 2.50. The van der Waals surface area contributed by atoms with Crippen molar-refractivity contribution in [2.75, 3.05) is 6.61 Å². The first-order chi connectivity index (χ1) is 15.1. The maximum absolute atomic E-state index is 12.7. The van der Waals surface area contributed by atoms with Crippen molar-refractivity contribution in [3.63, 3.8) is 0 Å². The van der Waals surface area contributed by atoms with E-state index in [0.717, 1.165) is 17.3 Å². The number of aliphatic hydroxyl groups excluding tert-OH is 2. The molecule has 0 aliphatic carbocycles. The van der Waals surface area contributed by atoms with Gasteiger partial charge in [-0.05, 0) is 24.6 Å². The van der Waals surface area contributed by atoms with E-state index in [2.05, 4.69) is 0 Å². The lowest BCUT2D eigenvalue weighted by molar-refractivity contribution is -0.254. The summed E-state index contributed by atoms with van der Waals surface area (Å²) in [6.45, 7) is 1.56. The first-order valence-electron chi connectivity index (χ1n) is 9.98. The molecule has 7 nitrogen and oxygen atoms in total. The van der Waals surface area contributed by atoms with Crippen molar-refractivity contribution in [2.45, 2.75) is 43.4 Å². The highest BCUT2D eigenvalue weighted by Crippen LogP contribution is 2.42. The molecular weight excluding hydrogens is 420 g/mol. The minimum Gasteiger partial charge on any atom is -0.467 e. The van der Waals surface area contributed by atoms with E-state index in [1.54, 1.807) is 31.2 Å². The second-order valence-corrected chi connectivity index (χ2v) is 8.45. The van der Waals surface area contributed by atoms with E-state index in [4.69, 9.17) is 18.9 Å². The van der Waals surface area contributed by atoms with Gasteiger partial charge in [-0.15, -0.1) is 11.8 Å². The minimum absolute atomic E-state index is 0.253. The summed E-state index contributed by atoms with van der Waals surface area (Å²) in [5.41, 5.74) is 0.934. The van der Waals surface area contributed by atoms with Crippen LogP contribution in [0.3, 0.4) is 0 Å². The van der Waals surface area contributed by atoms with Crippen molar-refractivity contribution in [3.8, 4) is 5.75 Å². The van der Waals surface area contributed by atoms with Crippen molar-refractivity contribution in [1.29, 1.82) is 0 Å². The molecule has 0 bridgehead atoms. The number of hydrogen-bond donors (Lipinski definition) is 2. The van der Waals surface area contributed by atoms with E-state index in [1.165, 1.54) is 0 Å². The monoisotopic (exact) mass is 444 g/mol. The molecule has 0 radical (unpaired) electrons. The maximum Gasteiger partial charge on any atom is 0.353 e. The predicted octanol–water partition coefficient (Wildman–Crippen LogP) is 2.62. The average Bonchev–Trinajstić information content (AvgIpc) is 2.79. The summed E-state index contributed by atoms with van der Waals surface area (Å²) < 4.78 is 23.0. The topological polar surface area (TPSA) is 94.5 Å². The number of fused-ring (bicyclic) bond motifs is 1. The summed E-state index contributed by atoms with van der Waals surface area (Å²) >= 11 is 1.14. The van der Waals surface area contributed by atoms with Crippen LogP contribution in [0.4, 0.5) is 0 Å². The number of benzene rings is 2. The third-order valence-electron chi connectivity index (χ3n) is 5.09. The van der Waals surface area contributed by atoms with Crippen LogP contribution in [-0.4, -0.2) is 52.6 Å². The summed E-state index contributed by atoms with van der Waals surface area (Å²) in [4.78, 5) is 13.0. The maximum atomic E-state index is 12.7. The van der Waals surface area contributed by atoms with E-state index in [1.807, 2.05) is 36.4 Å². The molecule has 164 valence electrons. The molecule has 2 aromatic rings. The zero-order valence-electron chi connectivity index (χ0n) is 16.9. The molecule has 0 unspecified atom stereocenters.